The minimum atomic E-state index is -0.499. The molecule has 0 spiro atoms. The van der Waals surface area contributed by atoms with Gasteiger partial charge in [0.05, 0.1) is 19.0 Å². The monoisotopic (exact) mass is 281 g/mol. The van der Waals surface area contributed by atoms with E-state index in [0.29, 0.717) is 0 Å². The number of carbonyl (C=O) groups is 1. The molecular formula is C10H8BrN3O2. The minimum Gasteiger partial charge on any atom is -0.464 e. The summed E-state index contributed by atoms with van der Waals surface area (Å²) >= 11 is 3.36. The molecule has 0 saturated carbocycles. The lowest BCUT2D eigenvalue weighted by Gasteiger charge is -1.99. The number of ether oxygens (including phenoxy) is 1. The van der Waals surface area contributed by atoms with E-state index in [-0.39, 0.29) is 5.69 Å². The van der Waals surface area contributed by atoms with Crippen LogP contribution in [0.3, 0.4) is 0 Å². The maximum Gasteiger partial charge on any atom is 0.360 e. The summed E-state index contributed by atoms with van der Waals surface area (Å²) in [5, 5.41) is 7.56. The first kappa shape index (κ1) is 10.8. The lowest BCUT2D eigenvalue weighted by Crippen LogP contribution is -2.01. The Labute approximate surface area is 100 Å². The highest BCUT2D eigenvalue weighted by molar-refractivity contribution is 9.10. The molecule has 0 fully saturated rings. The van der Waals surface area contributed by atoms with Crippen LogP contribution in [0, 0.1) is 0 Å². The Morgan fingerprint density at radius 3 is 3.00 bits per heavy atom. The van der Waals surface area contributed by atoms with Crippen molar-refractivity contribution in [2.75, 3.05) is 7.11 Å². The first-order valence-electron chi connectivity index (χ1n) is 4.47. The van der Waals surface area contributed by atoms with Crippen molar-refractivity contribution in [3.05, 3.63) is 40.6 Å². The third-order valence-electron chi connectivity index (χ3n) is 1.96. The number of benzene rings is 1. The first-order chi connectivity index (χ1) is 7.70. The molecule has 5 nitrogen and oxygen atoms in total. The molecule has 6 heteroatoms. The number of hydrogen-bond acceptors (Lipinski definition) is 4. The predicted molar refractivity (Wildman–Crippen MR) is 60.4 cm³/mol. The highest BCUT2D eigenvalue weighted by Gasteiger charge is 2.11. The second-order valence-electron chi connectivity index (χ2n) is 3.02. The fraction of sp³-hybridized carbons (Fsp3) is 0.100. The van der Waals surface area contributed by atoms with Gasteiger partial charge in [0.25, 0.3) is 0 Å². The van der Waals surface area contributed by atoms with Gasteiger partial charge in [0, 0.05) is 4.47 Å². The normalized spacial score (nSPS) is 10.1. The van der Waals surface area contributed by atoms with Gasteiger partial charge in [0.15, 0.2) is 5.69 Å². The van der Waals surface area contributed by atoms with E-state index in [1.807, 2.05) is 24.3 Å². The van der Waals surface area contributed by atoms with Gasteiger partial charge >= 0.3 is 5.97 Å². The molecule has 0 aliphatic carbocycles. The van der Waals surface area contributed by atoms with E-state index in [4.69, 9.17) is 0 Å². The topological polar surface area (TPSA) is 57.0 Å². The molecular weight excluding hydrogens is 274 g/mol. The number of methoxy groups -OCH3 is 1. The number of nitrogens with zero attached hydrogens (tertiary/aromatic N) is 3. The third kappa shape index (κ3) is 2.11. The molecule has 1 aromatic heterocycles. The Balaban J connectivity index is 2.35. The molecule has 1 aromatic carbocycles. The Morgan fingerprint density at radius 2 is 2.31 bits per heavy atom. The number of aromatic nitrogens is 3. The molecule has 82 valence electrons. The summed E-state index contributed by atoms with van der Waals surface area (Å²) < 4.78 is 6.99. The zero-order valence-electron chi connectivity index (χ0n) is 8.42. The van der Waals surface area contributed by atoms with Gasteiger partial charge in [-0.15, -0.1) is 5.10 Å². The van der Waals surface area contributed by atoms with Crippen molar-refractivity contribution in [1.29, 1.82) is 0 Å². The van der Waals surface area contributed by atoms with Crippen molar-refractivity contribution in [3.8, 4) is 5.69 Å². The molecule has 0 atom stereocenters. The van der Waals surface area contributed by atoms with Gasteiger partial charge in [-0.1, -0.05) is 27.2 Å². The van der Waals surface area contributed by atoms with Gasteiger partial charge in [0.2, 0.25) is 0 Å². The van der Waals surface area contributed by atoms with Crippen LogP contribution < -0.4 is 0 Å². The quantitative estimate of drug-likeness (QED) is 0.788. The molecule has 0 amide bonds. The first-order valence-corrected chi connectivity index (χ1v) is 5.26. The van der Waals surface area contributed by atoms with Crippen molar-refractivity contribution in [3.63, 3.8) is 0 Å². The molecule has 1 heterocycles. The molecule has 0 N–H and O–H groups in total. The fourth-order valence-electron chi connectivity index (χ4n) is 1.21. The van der Waals surface area contributed by atoms with Crippen LogP contribution in [-0.2, 0) is 4.74 Å². The number of hydrogen-bond donors (Lipinski definition) is 0. The molecule has 0 bridgehead atoms. The summed E-state index contributed by atoms with van der Waals surface area (Å²) in [7, 11) is 1.31. The zero-order valence-corrected chi connectivity index (χ0v) is 10.0. The summed E-state index contributed by atoms with van der Waals surface area (Å²) in [5.74, 6) is -0.499. The van der Waals surface area contributed by atoms with Crippen molar-refractivity contribution >= 4 is 21.9 Å². The van der Waals surface area contributed by atoms with Crippen LogP contribution in [0.5, 0.6) is 0 Å². The lowest BCUT2D eigenvalue weighted by molar-refractivity contribution is 0.0594. The van der Waals surface area contributed by atoms with E-state index in [1.54, 1.807) is 0 Å². The molecule has 0 aliphatic heterocycles. The maximum atomic E-state index is 11.2. The van der Waals surface area contributed by atoms with Gasteiger partial charge in [-0.2, -0.15) is 0 Å². The molecule has 2 rings (SSSR count). The Hall–Kier alpha value is -1.69. The van der Waals surface area contributed by atoms with Crippen LogP contribution in [0.25, 0.3) is 5.69 Å². The Kier molecular flexibility index (Phi) is 3.00. The van der Waals surface area contributed by atoms with E-state index < -0.39 is 5.97 Å². The summed E-state index contributed by atoms with van der Waals surface area (Å²) in [6.45, 7) is 0. The van der Waals surface area contributed by atoms with Crippen LogP contribution >= 0.6 is 15.9 Å². The average Bonchev–Trinajstić information content (AvgIpc) is 2.77. The largest absolute Gasteiger partial charge is 0.464 e. The molecule has 0 aliphatic rings. The highest BCUT2D eigenvalue weighted by atomic mass is 79.9. The van der Waals surface area contributed by atoms with Crippen molar-refractivity contribution in [1.82, 2.24) is 15.0 Å². The van der Waals surface area contributed by atoms with Crippen molar-refractivity contribution < 1.29 is 9.53 Å². The SMILES string of the molecule is COC(=O)c1cn(-c2cccc(Br)c2)nn1. The number of esters is 1. The highest BCUT2D eigenvalue weighted by Crippen LogP contribution is 2.14. The standard InChI is InChI=1S/C10H8BrN3O2/c1-16-10(15)9-6-14(13-12-9)8-4-2-3-7(11)5-8/h2-6H,1H3. The predicted octanol–water partition coefficient (Wildman–Crippen LogP) is 1.82. The van der Waals surface area contributed by atoms with Gasteiger partial charge in [-0.25, -0.2) is 9.48 Å². The summed E-state index contributed by atoms with van der Waals surface area (Å²) in [4.78, 5) is 11.2. The Bertz CT molecular complexity index is 524. The molecule has 16 heavy (non-hydrogen) atoms. The van der Waals surface area contributed by atoms with Crippen LogP contribution in [0.4, 0.5) is 0 Å². The zero-order chi connectivity index (χ0) is 11.5. The number of rotatable bonds is 2. The molecule has 2 aromatic rings. The minimum absolute atomic E-state index is 0.183. The maximum absolute atomic E-state index is 11.2. The second kappa shape index (κ2) is 4.44. The fourth-order valence-corrected chi connectivity index (χ4v) is 1.59. The van der Waals surface area contributed by atoms with Crippen LogP contribution in [0.1, 0.15) is 10.5 Å². The summed E-state index contributed by atoms with van der Waals surface area (Å²) in [6.07, 6.45) is 1.52. The summed E-state index contributed by atoms with van der Waals surface area (Å²) in [5.41, 5.74) is 1.000. The molecule has 0 saturated heterocycles. The van der Waals surface area contributed by atoms with Gasteiger partial charge < -0.3 is 4.74 Å². The lowest BCUT2D eigenvalue weighted by atomic mass is 10.3. The van der Waals surface area contributed by atoms with Gasteiger partial charge in [-0.05, 0) is 18.2 Å². The number of halogens is 1. The van der Waals surface area contributed by atoms with Crippen LogP contribution in [-0.4, -0.2) is 28.1 Å². The Morgan fingerprint density at radius 1 is 1.50 bits per heavy atom. The van der Waals surface area contributed by atoms with Gasteiger partial charge in [-0.3, -0.25) is 0 Å². The molecule has 0 radical (unpaired) electrons. The average molecular weight is 282 g/mol. The third-order valence-corrected chi connectivity index (χ3v) is 2.45. The van der Waals surface area contributed by atoms with Crippen LogP contribution in [0.15, 0.2) is 34.9 Å². The van der Waals surface area contributed by atoms with Crippen LogP contribution in [0.2, 0.25) is 0 Å². The van der Waals surface area contributed by atoms with E-state index in [9.17, 15) is 4.79 Å². The van der Waals surface area contributed by atoms with E-state index in [1.165, 1.54) is 18.0 Å². The van der Waals surface area contributed by atoms with E-state index in [2.05, 4.69) is 31.0 Å². The van der Waals surface area contributed by atoms with Crippen molar-refractivity contribution in [2.45, 2.75) is 0 Å². The summed E-state index contributed by atoms with van der Waals surface area (Å²) in [6, 6.07) is 7.51. The smallest absolute Gasteiger partial charge is 0.360 e. The number of carbonyl (C=O) groups excluding carboxylic acids is 1. The van der Waals surface area contributed by atoms with E-state index in [0.717, 1.165) is 10.2 Å². The molecule has 0 unspecified atom stereocenters. The van der Waals surface area contributed by atoms with Gasteiger partial charge in [0.1, 0.15) is 0 Å². The van der Waals surface area contributed by atoms with Crippen molar-refractivity contribution in [2.24, 2.45) is 0 Å². The second-order valence-corrected chi connectivity index (χ2v) is 3.94. The van der Waals surface area contributed by atoms with E-state index >= 15 is 0 Å².